The van der Waals surface area contributed by atoms with Crippen LogP contribution in [-0.4, -0.2) is 41.7 Å². The van der Waals surface area contributed by atoms with Crippen molar-refractivity contribution in [3.8, 4) is 0 Å². The van der Waals surface area contributed by atoms with Crippen LogP contribution in [0.4, 0.5) is 4.79 Å². The smallest absolute Gasteiger partial charge is 0.410 e. The van der Waals surface area contributed by atoms with Crippen molar-refractivity contribution < 1.29 is 19.2 Å². The average molecular weight is 269 g/mol. The van der Waals surface area contributed by atoms with Crippen LogP contribution >= 0.6 is 0 Å². The fourth-order valence-electron chi connectivity index (χ4n) is 1.58. The first kappa shape index (κ1) is 15.0. The van der Waals surface area contributed by atoms with E-state index in [1.165, 1.54) is 12.0 Å². The minimum absolute atomic E-state index is 0.127. The Bertz CT molecular complexity index is 430. The number of nitrogens with zero attached hydrogens (tertiary/aromatic N) is 2. The van der Waals surface area contributed by atoms with E-state index >= 15 is 0 Å². The van der Waals surface area contributed by atoms with Gasteiger partial charge in [0.25, 0.3) is 5.91 Å². The van der Waals surface area contributed by atoms with Gasteiger partial charge in [-0.05, 0) is 19.1 Å². The predicted octanol–water partition coefficient (Wildman–Crippen LogP) is 0.661. The summed E-state index contributed by atoms with van der Waals surface area (Å²) in [5.74, 6) is -0.412. The number of hydroxylamine groups is 1. The van der Waals surface area contributed by atoms with Gasteiger partial charge in [-0.2, -0.15) is 0 Å². The molecule has 0 saturated carbocycles. The number of amides is 2. The van der Waals surface area contributed by atoms with Crippen LogP contribution in [0.1, 0.15) is 12.6 Å². The van der Waals surface area contributed by atoms with Crippen LogP contribution in [0.15, 0.2) is 18.3 Å². The molecule has 2 amide bonds. The molecule has 0 atom stereocenters. The van der Waals surface area contributed by atoms with Gasteiger partial charge in [0, 0.05) is 18.9 Å². The molecule has 1 aromatic heterocycles. The van der Waals surface area contributed by atoms with Crippen molar-refractivity contribution in [2.45, 2.75) is 13.5 Å². The first-order valence-corrected chi connectivity index (χ1v) is 5.92. The number of aromatic nitrogens is 1. The summed E-state index contributed by atoms with van der Waals surface area (Å²) in [5.41, 5.74) is 3.07. The van der Waals surface area contributed by atoms with Crippen molar-refractivity contribution in [1.29, 1.82) is 0 Å². The van der Waals surface area contributed by atoms with E-state index in [0.29, 0.717) is 6.54 Å². The molecule has 0 aliphatic heterocycles. The van der Waals surface area contributed by atoms with Gasteiger partial charge < -0.3 is 9.30 Å². The molecule has 0 bridgehead atoms. The van der Waals surface area contributed by atoms with Crippen molar-refractivity contribution >= 4 is 12.0 Å². The molecule has 0 aliphatic carbocycles. The molecule has 1 aromatic rings. The number of carbonyl (C=O) groups excluding carboxylic acids is 2. The van der Waals surface area contributed by atoms with Gasteiger partial charge in [-0.25, -0.2) is 10.3 Å². The summed E-state index contributed by atoms with van der Waals surface area (Å²) in [6, 6.07) is 3.74. The molecule has 0 fully saturated rings. The lowest BCUT2D eigenvalue weighted by atomic mass is 10.4. The molecular formula is C12H19N3O4. The summed E-state index contributed by atoms with van der Waals surface area (Å²) in [4.78, 5) is 29.1. The van der Waals surface area contributed by atoms with E-state index in [0.717, 1.165) is 5.69 Å². The summed E-state index contributed by atoms with van der Waals surface area (Å²) in [6.45, 7) is 2.14. The summed E-state index contributed by atoms with van der Waals surface area (Å²) in [5, 5.41) is 0. The highest BCUT2D eigenvalue weighted by atomic mass is 16.6. The SMILES string of the molecule is CCOC(=O)N(CC(=O)NOC)Cc1cccn1C. The van der Waals surface area contributed by atoms with Crippen molar-refractivity contribution in [3.63, 3.8) is 0 Å². The standard InChI is InChI=1S/C12H19N3O4/c1-4-19-12(17)15(9-11(16)13-18-3)8-10-6-5-7-14(10)2/h5-7H,4,8-9H2,1-3H3,(H,13,16). The molecule has 1 rings (SSSR count). The lowest BCUT2D eigenvalue weighted by Crippen LogP contribution is -2.40. The topological polar surface area (TPSA) is 72.8 Å². The normalized spacial score (nSPS) is 10.1. The Morgan fingerprint density at radius 2 is 2.21 bits per heavy atom. The third kappa shape index (κ3) is 4.63. The lowest BCUT2D eigenvalue weighted by molar-refractivity contribution is -0.132. The van der Waals surface area contributed by atoms with E-state index in [-0.39, 0.29) is 13.2 Å². The Kier molecular flexibility index (Phi) is 5.87. The van der Waals surface area contributed by atoms with E-state index < -0.39 is 12.0 Å². The Morgan fingerprint density at radius 3 is 2.74 bits per heavy atom. The van der Waals surface area contributed by atoms with Crippen LogP contribution in [0.25, 0.3) is 0 Å². The highest BCUT2D eigenvalue weighted by Gasteiger charge is 2.19. The summed E-state index contributed by atoms with van der Waals surface area (Å²) >= 11 is 0. The number of rotatable bonds is 6. The Balaban J connectivity index is 2.71. The summed E-state index contributed by atoms with van der Waals surface area (Å²) in [6.07, 6.45) is 1.34. The molecule has 7 nitrogen and oxygen atoms in total. The minimum atomic E-state index is -0.532. The van der Waals surface area contributed by atoms with Gasteiger partial charge in [0.15, 0.2) is 0 Å². The summed E-state index contributed by atoms with van der Waals surface area (Å²) in [7, 11) is 3.21. The molecule has 7 heteroatoms. The Hall–Kier alpha value is -2.02. The first-order valence-electron chi connectivity index (χ1n) is 5.92. The zero-order valence-electron chi connectivity index (χ0n) is 11.4. The molecule has 0 radical (unpaired) electrons. The largest absolute Gasteiger partial charge is 0.450 e. The number of ether oxygens (including phenoxy) is 1. The first-order chi connectivity index (χ1) is 9.08. The van der Waals surface area contributed by atoms with Gasteiger partial charge in [0.2, 0.25) is 0 Å². The maximum absolute atomic E-state index is 11.8. The van der Waals surface area contributed by atoms with E-state index in [2.05, 4.69) is 10.3 Å². The fraction of sp³-hybridized carbons (Fsp3) is 0.500. The third-order valence-electron chi connectivity index (χ3n) is 2.48. The molecule has 0 aliphatic rings. The van der Waals surface area contributed by atoms with E-state index in [1.807, 2.05) is 29.9 Å². The molecule has 0 unspecified atom stereocenters. The van der Waals surface area contributed by atoms with E-state index in [1.54, 1.807) is 6.92 Å². The number of hydrogen-bond donors (Lipinski definition) is 1. The average Bonchev–Trinajstić information content (AvgIpc) is 2.75. The van der Waals surface area contributed by atoms with Gasteiger partial charge in [0.1, 0.15) is 6.54 Å². The highest BCUT2D eigenvalue weighted by molar-refractivity contribution is 5.81. The number of nitrogens with one attached hydrogen (secondary N) is 1. The molecule has 1 N–H and O–H groups in total. The second-order valence-electron chi connectivity index (χ2n) is 3.89. The van der Waals surface area contributed by atoms with Crippen molar-refractivity contribution in [1.82, 2.24) is 14.9 Å². The highest BCUT2D eigenvalue weighted by Crippen LogP contribution is 2.06. The van der Waals surface area contributed by atoms with E-state index in [4.69, 9.17) is 4.74 Å². The third-order valence-corrected chi connectivity index (χ3v) is 2.48. The molecule has 106 valence electrons. The van der Waals surface area contributed by atoms with Crippen LogP contribution in [0.5, 0.6) is 0 Å². The van der Waals surface area contributed by atoms with Gasteiger partial charge in [-0.15, -0.1) is 0 Å². The maximum atomic E-state index is 11.8. The van der Waals surface area contributed by atoms with Gasteiger partial charge in [0.05, 0.1) is 20.3 Å². The van der Waals surface area contributed by atoms with Crippen LogP contribution < -0.4 is 5.48 Å². The number of hydrogen-bond acceptors (Lipinski definition) is 4. The van der Waals surface area contributed by atoms with Crippen LogP contribution in [0, 0.1) is 0 Å². The Labute approximate surface area is 112 Å². The van der Waals surface area contributed by atoms with Gasteiger partial charge in [-0.3, -0.25) is 14.5 Å². The molecule has 0 aromatic carbocycles. The summed E-state index contributed by atoms with van der Waals surface area (Å²) < 4.78 is 6.80. The lowest BCUT2D eigenvalue weighted by Gasteiger charge is -2.21. The second kappa shape index (κ2) is 7.42. The molecular weight excluding hydrogens is 250 g/mol. The maximum Gasteiger partial charge on any atom is 0.410 e. The predicted molar refractivity (Wildman–Crippen MR) is 68.0 cm³/mol. The van der Waals surface area contributed by atoms with Gasteiger partial charge in [-0.1, -0.05) is 0 Å². The second-order valence-corrected chi connectivity index (χ2v) is 3.89. The zero-order chi connectivity index (χ0) is 14.3. The quantitative estimate of drug-likeness (QED) is 0.770. The molecule has 1 heterocycles. The molecule has 19 heavy (non-hydrogen) atoms. The molecule has 0 saturated heterocycles. The van der Waals surface area contributed by atoms with Crippen LogP contribution in [0.3, 0.4) is 0 Å². The van der Waals surface area contributed by atoms with Crippen LogP contribution in [0.2, 0.25) is 0 Å². The van der Waals surface area contributed by atoms with Crippen LogP contribution in [-0.2, 0) is 28.0 Å². The number of aryl methyl sites for hydroxylation is 1. The van der Waals surface area contributed by atoms with Crippen molar-refractivity contribution in [2.24, 2.45) is 7.05 Å². The monoisotopic (exact) mass is 269 g/mol. The van der Waals surface area contributed by atoms with Crippen molar-refractivity contribution in [3.05, 3.63) is 24.0 Å². The Morgan fingerprint density at radius 1 is 1.47 bits per heavy atom. The van der Waals surface area contributed by atoms with Gasteiger partial charge >= 0.3 is 6.09 Å². The minimum Gasteiger partial charge on any atom is -0.450 e. The van der Waals surface area contributed by atoms with E-state index in [9.17, 15) is 9.59 Å². The zero-order valence-corrected chi connectivity index (χ0v) is 11.4. The molecule has 0 spiro atoms. The number of carbonyl (C=O) groups is 2. The van der Waals surface area contributed by atoms with Crippen molar-refractivity contribution in [2.75, 3.05) is 20.3 Å². The fourth-order valence-corrected chi connectivity index (χ4v) is 1.58.